The van der Waals surface area contributed by atoms with Crippen molar-refractivity contribution in [2.45, 2.75) is 46.2 Å². The Morgan fingerprint density at radius 1 is 1.28 bits per heavy atom. The van der Waals surface area contributed by atoms with Gasteiger partial charge in [0.1, 0.15) is 0 Å². The molecule has 0 aromatic heterocycles. The van der Waals surface area contributed by atoms with Crippen LogP contribution in [0.1, 0.15) is 37.8 Å². The van der Waals surface area contributed by atoms with Crippen LogP contribution in [-0.4, -0.2) is 63.3 Å². The molecule has 1 aromatic carbocycles. The predicted octanol–water partition coefficient (Wildman–Crippen LogP) is 3.36. The minimum Gasteiger partial charge on any atom is -0.450 e. The fraction of sp³-hybridized carbons (Fsp3) is 0.619. The summed E-state index contributed by atoms with van der Waals surface area (Å²) in [6.45, 7) is 9.32. The number of likely N-dealkylation sites (tertiary alicyclic amines) is 1. The number of aryl methyl sites for hydroxylation is 1. The van der Waals surface area contributed by atoms with Crippen LogP contribution in [0.2, 0.25) is 0 Å². The maximum atomic E-state index is 11.8. The Bertz CT molecular complexity index is 673. The van der Waals surface area contributed by atoms with Gasteiger partial charge in [0, 0.05) is 45.5 Å². The van der Waals surface area contributed by atoms with Gasteiger partial charge in [0.25, 0.3) is 0 Å². The minimum atomic E-state index is -0.210. The number of halogens is 1. The number of guanidine groups is 1. The lowest BCUT2D eigenvalue weighted by Gasteiger charge is -2.32. The largest absolute Gasteiger partial charge is 0.450 e. The SMILES string of the molecule is CCNC(=NCc1ccc(N(C)C)cc1C)NC1CCN(C(=O)OCC)CC1.I. The molecular weight excluding hydrogens is 481 g/mol. The van der Waals surface area contributed by atoms with Crippen LogP contribution in [0.15, 0.2) is 23.2 Å². The smallest absolute Gasteiger partial charge is 0.409 e. The number of nitrogens with one attached hydrogen (secondary N) is 2. The van der Waals surface area contributed by atoms with Crippen molar-refractivity contribution >= 4 is 41.7 Å². The molecule has 8 heteroatoms. The van der Waals surface area contributed by atoms with Gasteiger partial charge in [0.2, 0.25) is 0 Å². The maximum Gasteiger partial charge on any atom is 0.409 e. The quantitative estimate of drug-likeness (QED) is 0.344. The summed E-state index contributed by atoms with van der Waals surface area (Å²) in [7, 11) is 4.10. The van der Waals surface area contributed by atoms with Gasteiger partial charge in [-0.1, -0.05) is 6.07 Å². The Kier molecular flexibility index (Phi) is 11.2. The number of piperidine rings is 1. The summed E-state index contributed by atoms with van der Waals surface area (Å²) < 4.78 is 5.09. The number of hydrogen-bond acceptors (Lipinski definition) is 4. The van der Waals surface area contributed by atoms with E-state index < -0.39 is 0 Å². The summed E-state index contributed by atoms with van der Waals surface area (Å²) in [5.41, 5.74) is 3.66. The van der Waals surface area contributed by atoms with Crippen LogP contribution in [0.25, 0.3) is 0 Å². The highest BCUT2D eigenvalue weighted by Gasteiger charge is 2.24. The Morgan fingerprint density at radius 3 is 2.52 bits per heavy atom. The van der Waals surface area contributed by atoms with Crippen molar-refractivity contribution in [1.29, 1.82) is 0 Å². The van der Waals surface area contributed by atoms with Crippen molar-refractivity contribution in [3.63, 3.8) is 0 Å². The topological polar surface area (TPSA) is 69.2 Å². The summed E-state index contributed by atoms with van der Waals surface area (Å²) in [5.74, 6) is 0.827. The van der Waals surface area contributed by atoms with E-state index in [1.807, 2.05) is 21.0 Å². The molecule has 0 unspecified atom stereocenters. The highest BCUT2D eigenvalue weighted by molar-refractivity contribution is 14.0. The molecule has 164 valence electrons. The van der Waals surface area contributed by atoms with Gasteiger partial charge in [-0.2, -0.15) is 0 Å². The molecule has 0 saturated carbocycles. The summed E-state index contributed by atoms with van der Waals surface area (Å²) in [5, 5.41) is 6.85. The molecule has 1 amide bonds. The zero-order valence-corrected chi connectivity index (χ0v) is 20.7. The Balaban J connectivity index is 0.00000420. The van der Waals surface area contributed by atoms with Crippen LogP contribution in [0, 0.1) is 6.92 Å². The third-order valence-electron chi connectivity index (χ3n) is 4.96. The van der Waals surface area contributed by atoms with E-state index in [2.05, 4.69) is 47.6 Å². The molecule has 1 fully saturated rings. The average Bonchev–Trinajstić information content (AvgIpc) is 2.67. The van der Waals surface area contributed by atoms with Crippen LogP contribution in [-0.2, 0) is 11.3 Å². The van der Waals surface area contributed by atoms with E-state index in [0.29, 0.717) is 32.3 Å². The molecule has 0 spiro atoms. The monoisotopic (exact) mass is 517 g/mol. The highest BCUT2D eigenvalue weighted by Crippen LogP contribution is 2.18. The lowest BCUT2D eigenvalue weighted by atomic mass is 10.1. The molecule has 0 radical (unpaired) electrons. The van der Waals surface area contributed by atoms with Crippen LogP contribution < -0.4 is 15.5 Å². The first-order valence-electron chi connectivity index (χ1n) is 10.2. The zero-order valence-electron chi connectivity index (χ0n) is 18.3. The van der Waals surface area contributed by atoms with Crippen molar-refractivity contribution < 1.29 is 9.53 Å². The predicted molar refractivity (Wildman–Crippen MR) is 130 cm³/mol. The molecule has 0 aliphatic carbocycles. The molecule has 1 aliphatic heterocycles. The number of carbonyl (C=O) groups excluding carboxylic acids is 1. The fourth-order valence-corrected chi connectivity index (χ4v) is 3.23. The Morgan fingerprint density at radius 2 is 1.97 bits per heavy atom. The normalized spacial score (nSPS) is 14.8. The van der Waals surface area contributed by atoms with Crippen molar-refractivity contribution in [2.75, 3.05) is 45.2 Å². The molecule has 1 aromatic rings. The summed E-state index contributed by atoms with van der Waals surface area (Å²) in [6, 6.07) is 6.77. The third kappa shape index (κ3) is 7.91. The molecule has 0 atom stereocenters. The van der Waals surface area contributed by atoms with E-state index in [9.17, 15) is 4.79 Å². The van der Waals surface area contributed by atoms with Gasteiger partial charge < -0.3 is 25.2 Å². The van der Waals surface area contributed by atoms with E-state index in [1.165, 1.54) is 16.8 Å². The number of hydrogen-bond donors (Lipinski definition) is 2. The summed E-state index contributed by atoms with van der Waals surface area (Å²) >= 11 is 0. The molecule has 1 heterocycles. The first kappa shape index (κ1) is 25.3. The molecule has 2 N–H and O–H groups in total. The lowest BCUT2D eigenvalue weighted by molar-refractivity contribution is 0.0963. The van der Waals surface area contributed by atoms with E-state index in [-0.39, 0.29) is 30.1 Å². The number of nitrogens with zero attached hydrogens (tertiary/aromatic N) is 3. The van der Waals surface area contributed by atoms with Crippen LogP contribution in [0.3, 0.4) is 0 Å². The van der Waals surface area contributed by atoms with E-state index >= 15 is 0 Å². The van der Waals surface area contributed by atoms with E-state index in [0.717, 1.165) is 25.3 Å². The van der Waals surface area contributed by atoms with Crippen molar-refractivity contribution in [3.05, 3.63) is 29.3 Å². The van der Waals surface area contributed by atoms with Gasteiger partial charge in [0.15, 0.2) is 5.96 Å². The van der Waals surface area contributed by atoms with Crippen molar-refractivity contribution in [1.82, 2.24) is 15.5 Å². The van der Waals surface area contributed by atoms with Gasteiger partial charge in [-0.05, 0) is 56.9 Å². The molecule has 2 rings (SSSR count). The summed E-state index contributed by atoms with van der Waals surface area (Å²) in [6.07, 6.45) is 1.57. The van der Waals surface area contributed by atoms with Crippen molar-refractivity contribution in [2.24, 2.45) is 4.99 Å². The van der Waals surface area contributed by atoms with Crippen molar-refractivity contribution in [3.8, 4) is 0 Å². The van der Waals surface area contributed by atoms with Gasteiger partial charge in [-0.3, -0.25) is 0 Å². The van der Waals surface area contributed by atoms with Crippen LogP contribution >= 0.6 is 24.0 Å². The molecule has 0 bridgehead atoms. The molecule has 7 nitrogen and oxygen atoms in total. The first-order chi connectivity index (χ1) is 13.4. The number of ether oxygens (including phenoxy) is 1. The molecular formula is C21H36IN5O2. The number of aliphatic imine (C=N–C) groups is 1. The minimum absolute atomic E-state index is 0. The van der Waals surface area contributed by atoms with Gasteiger partial charge in [-0.25, -0.2) is 9.79 Å². The maximum absolute atomic E-state index is 11.8. The number of anilines is 1. The molecule has 1 saturated heterocycles. The van der Waals surface area contributed by atoms with E-state index in [1.54, 1.807) is 4.90 Å². The lowest BCUT2D eigenvalue weighted by Crippen LogP contribution is -2.49. The van der Waals surface area contributed by atoms with E-state index in [4.69, 9.17) is 9.73 Å². The zero-order chi connectivity index (χ0) is 20.5. The van der Waals surface area contributed by atoms with Gasteiger partial charge in [0.05, 0.1) is 13.2 Å². The van der Waals surface area contributed by atoms with Crippen LogP contribution in [0.4, 0.5) is 10.5 Å². The van der Waals surface area contributed by atoms with Gasteiger partial charge in [-0.15, -0.1) is 24.0 Å². The number of rotatable bonds is 6. The second-order valence-corrected chi connectivity index (χ2v) is 7.30. The fourth-order valence-electron chi connectivity index (χ4n) is 3.23. The standard InChI is InChI=1S/C21H35N5O2.HI/c1-6-22-20(23-15-17-8-9-19(25(4)5)14-16(17)3)24-18-10-12-26(13-11-18)21(27)28-7-2;/h8-9,14,18H,6-7,10-13,15H2,1-5H3,(H2,22,23,24);1H. The number of benzene rings is 1. The molecule has 1 aliphatic rings. The van der Waals surface area contributed by atoms with Gasteiger partial charge >= 0.3 is 6.09 Å². The second kappa shape index (κ2) is 12.8. The average molecular weight is 517 g/mol. The highest BCUT2D eigenvalue weighted by atomic mass is 127. The second-order valence-electron chi connectivity index (χ2n) is 7.30. The Labute approximate surface area is 192 Å². The third-order valence-corrected chi connectivity index (χ3v) is 4.96. The summed E-state index contributed by atoms with van der Waals surface area (Å²) in [4.78, 5) is 20.5. The molecule has 29 heavy (non-hydrogen) atoms. The van der Waals surface area contributed by atoms with Crippen LogP contribution in [0.5, 0.6) is 0 Å². The number of amides is 1. The Hall–Kier alpha value is -1.71. The first-order valence-corrected chi connectivity index (χ1v) is 10.2. The number of carbonyl (C=O) groups is 1.